The number of carbonyl (C=O) groups excluding carboxylic acids is 4. The van der Waals surface area contributed by atoms with Crippen LogP contribution in [0.15, 0.2) is 73.9 Å². The molecule has 0 heterocycles. The van der Waals surface area contributed by atoms with E-state index in [-0.39, 0.29) is 13.2 Å². The van der Waals surface area contributed by atoms with Gasteiger partial charge >= 0.3 is 23.9 Å². The molecular weight excluding hydrogens is 468 g/mol. The van der Waals surface area contributed by atoms with Gasteiger partial charge in [-0.3, -0.25) is 9.59 Å². The number of allylic oxidation sites excluding steroid dienone is 4. The van der Waals surface area contributed by atoms with Gasteiger partial charge in [-0.05, 0) is 27.7 Å². The third-order valence-corrected chi connectivity index (χ3v) is 4.80. The molecule has 36 heavy (non-hydrogen) atoms. The molecular formula is C27H36O9. The lowest BCUT2D eigenvalue weighted by atomic mass is 9.61. The van der Waals surface area contributed by atoms with E-state index in [1.807, 2.05) is 0 Å². The van der Waals surface area contributed by atoms with Crippen molar-refractivity contribution in [1.82, 2.24) is 0 Å². The van der Waals surface area contributed by atoms with Crippen LogP contribution in [0.5, 0.6) is 0 Å². The molecule has 0 spiro atoms. The van der Waals surface area contributed by atoms with Crippen molar-refractivity contribution in [2.45, 2.75) is 33.8 Å². The number of carbonyl (C=O) groups is 4. The minimum atomic E-state index is -1.72. The van der Waals surface area contributed by atoms with Crippen LogP contribution in [0.1, 0.15) is 27.7 Å². The van der Waals surface area contributed by atoms with E-state index in [0.29, 0.717) is 0 Å². The summed E-state index contributed by atoms with van der Waals surface area (Å²) in [6.07, 6.45) is 13.0. The zero-order chi connectivity index (χ0) is 27.6. The Morgan fingerprint density at radius 2 is 1.03 bits per heavy atom. The minimum Gasteiger partial charge on any atom is -0.462 e. The van der Waals surface area contributed by atoms with Crippen LogP contribution in [-0.4, -0.2) is 61.5 Å². The number of hydrogen-bond donors (Lipinski definition) is 1. The van der Waals surface area contributed by atoms with Crippen LogP contribution in [0, 0.1) is 10.8 Å². The molecule has 198 valence electrons. The first-order chi connectivity index (χ1) is 17.1. The first kappa shape index (κ1) is 32.3. The van der Waals surface area contributed by atoms with Crippen molar-refractivity contribution in [2.24, 2.45) is 10.8 Å². The highest BCUT2D eigenvalue weighted by Gasteiger charge is 2.57. The molecule has 0 amide bonds. The highest BCUT2D eigenvalue weighted by Crippen LogP contribution is 2.47. The predicted octanol–water partition coefficient (Wildman–Crippen LogP) is 3.17. The Kier molecular flexibility index (Phi) is 15.1. The molecule has 0 aliphatic carbocycles. The number of hydrogen-bond acceptors (Lipinski definition) is 9. The minimum absolute atomic E-state index is 0.210. The van der Waals surface area contributed by atoms with Crippen molar-refractivity contribution in [3.05, 3.63) is 73.9 Å². The Balaban J connectivity index is 6.28. The Morgan fingerprint density at radius 1 is 0.667 bits per heavy atom. The first-order valence-corrected chi connectivity index (χ1v) is 11.3. The second kappa shape index (κ2) is 16.8. The Labute approximate surface area is 212 Å². The zero-order valence-electron chi connectivity index (χ0n) is 21.3. The molecule has 0 aromatic rings. The quantitative estimate of drug-likeness (QED) is 0.111. The van der Waals surface area contributed by atoms with Gasteiger partial charge in [-0.2, -0.15) is 0 Å². The highest BCUT2D eigenvalue weighted by atomic mass is 16.6. The topological polar surface area (TPSA) is 125 Å². The summed E-state index contributed by atoms with van der Waals surface area (Å²) < 4.78 is 20.4. The van der Waals surface area contributed by atoms with Gasteiger partial charge in [-0.25, -0.2) is 9.59 Å². The summed E-state index contributed by atoms with van der Waals surface area (Å²) in [5.41, 5.74) is -3.42. The SMILES string of the molecule is C=CC(=O)OCCOC(=O)C(C=CC)(C=CC)C(C=CC)(C=CC)C(=O)OCC(O)COC(=O)C=C. The number of esters is 4. The fourth-order valence-corrected chi connectivity index (χ4v) is 3.36. The number of rotatable bonds is 16. The molecule has 1 N–H and O–H groups in total. The van der Waals surface area contributed by atoms with Crippen LogP contribution in [0.2, 0.25) is 0 Å². The molecule has 0 bridgehead atoms. The maximum absolute atomic E-state index is 13.6. The average Bonchev–Trinajstić information content (AvgIpc) is 2.87. The van der Waals surface area contributed by atoms with Crippen molar-refractivity contribution >= 4 is 23.9 Å². The summed E-state index contributed by atoms with van der Waals surface area (Å²) in [5.74, 6) is -3.07. The molecule has 0 aromatic heterocycles. The van der Waals surface area contributed by atoms with E-state index in [1.165, 1.54) is 24.3 Å². The Hall–Kier alpha value is -3.72. The summed E-state index contributed by atoms with van der Waals surface area (Å²) in [4.78, 5) is 49.6. The molecule has 0 fully saturated rings. The lowest BCUT2D eigenvalue weighted by Crippen LogP contribution is -2.50. The first-order valence-electron chi connectivity index (χ1n) is 11.3. The number of ether oxygens (including phenoxy) is 4. The van der Waals surface area contributed by atoms with Gasteiger partial charge < -0.3 is 24.1 Å². The molecule has 1 atom stereocenters. The lowest BCUT2D eigenvalue weighted by Gasteiger charge is -2.40. The van der Waals surface area contributed by atoms with Crippen LogP contribution in [0.4, 0.5) is 0 Å². The van der Waals surface area contributed by atoms with E-state index in [1.54, 1.807) is 52.0 Å². The molecule has 0 radical (unpaired) electrons. The van der Waals surface area contributed by atoms with E-state index in [0.717, 1.165) is 12.2 Å². The van der Waals surface area contributed by atoms with Crippen LogP contribution in [0.3, 0.4) is 0 Å². The second-order valence-electron chi connectivity index (χ2n) is 7.33. The number of aliphatic hydroxyl groups excluding tert-OH is 1. The van der Waals surface area contributed by atoms with Crippen molar-refractivity contribution < 1.29 is 43.2 Å². The van der Waals surface area contributed by atoms with Gasteiger partial charge in [0.05, 0.1) is 0 Å². The van der Waals surface area contributed by atoms with Gasteiger partial charge in [0.1, 0.15) is 43.4 Å². The van der Waals surface area contributed by atoms with Crippen LogP contribution in [-0.2, 0) is 38.1 Å². The third-order valence-electron chi connectivity index (χ3n) is 4.80. The largest absolute Gasteiger partial charge is 0.462 e. The summed E-state index contributed by atoms with van der Waals surface area (Å²) in [6, 6.07) is 0. The Morgan fingerprint density at radius 3 is 1.44 bits per heavy atom. The van der Waals surface area contributed by atoms with Gasteiger partial charge in [0.15, 0.2) is 0 Å². The molecule has 0 saturated heterocycles. The molecule has 0 aliphatic heterocycles. The predicted molar refractivity (Wildman–Crippen MR) is 134 cm³/mol. The van der Waals surface area contributed by atoms with E-state index < -0.39 is 54.0 Å². The highest BCUT2D eigenvalue weighted by molar-refractivity contribution is 5.95. The smallest absolute Gasteiger partial charge is 0.330 e. The van der Waals surface area contributed by atoms with Crippen LogP contribution < -0.4 is 0 Å². The van der Waals surface area contributed by atoms with Crippen molar-refractivity contribution in [1.29, 1.82) is 0 Å². The molecule has 0 aliphatic rings. The molecule has 1 unspecified atom stereocenters. The lowest BCUT2D eigenvalue weighted by molar-refractivity contribution is -0.169. The standard InChI is InChI=1S/C27H36O9/c1-7-13-26(14-8-2,24(31)34-18-17-33-22(29)11-5)27(15-9-3,16-10-4)25(32)36-20-21(28)19-35-23(30)12-6/h7-16,21,28H,5-6,17-20H2,1-4H3. The average molecular weight is 505 g/mol. The zero-order valence-corrected chi connectivity index (χ0v) is 21.3. The maximum Gasteiger partial charge on any atom is 0.330 e. The third kappa shape index (κ3) is 8.81. The van der Waals surface area contributed by atoms with Crippen molar-refractivity contribution in [2.75, 3.05) is 26.4 Å². The second-order valence-corrected chi connectivity index (χ2v) is 7.33. The Bertz CT molecular complexity index is 869. The number of aliphatic hydroxyl groups is 1. The monoisotopic (exact) mass is 504 g/mol. The normalized spacial score (nSPS) is 15.8. The molecule has 0 aromatic carbocycles. The van der Waals surface area contributed by atoms with E-state index in [9.17, 15) is 24.3 Å². The molecule has 9 nitrogen and oxygen atoms in total. The van der Waals surface area contributed by atoms with Gasteiger partial charge in [-0.15, -0.1) is 0 Å². The maximum atomic E-state index is 13.6. The summed E-state index contributed by atoms with van der Waals surface area (Å²) in [5, 5.41) is 10.1. The van der Waals surface area contributed by atoms with E-state index >= 15 is 0 Å². The summed E-state index contributed by atoms with van der Waals surface area (Å²) in [6.45, 7) is 11.9. The van der Waals surface area contributed by atoms with E-state index in [2.05, 4.69) is 13.2 Å². The fourth-order valence-electron chi connectivity index (χ4n) is 3.36. The van der Waals surface area contributed by atoms with Gasteiger partial charge in [-0.1, -0.05) is 61.8 Å². The van der Waals surface area contributed by atoms with Gasteiger partial charge in [0.25, 0.3) is 0 Å². The van der Waals surface area contributed by atoms with Crippen LogP contribution in [0.25, 0.3) is 0 Å². The summed E-state index contributed by atoms with van der Waals surface area (Å²) in [7, 11) is 0. The van der Waals surface area contributed by atoms with Gasteiger partial charge in [0.2, 0.25) is 0 Å². The van der Waals surface area contributed by atoms with Crippen molar-refractivity contribution in [3.8, 4) is 0 Å². The van der Waals surface area contributed by atoms with Crippen LogP contribution >= 0.6 is 0 Å². The van der Waals surface area contributed by atoms with E-state index in [4.69, 9.17) is 18.9 Å². The van der Waals surface area contributed by atoms with Gasteiger partial charge in [0, 0.05) is 12.2 Å². The van der Waals surface area contributed by atoms with Crippen molar-refractivity contribution in [3.63, 3.8) is 0 Å². The summed E-state index contributed by atoms with van der Waals surface area (Å²) >= 11 is 0. The molecule has 0 rings (SSSR count). The molecule has 9 heteroatoms. The fraction of sp³-hybridized carbons (Fsp3) is 0.407. The molecule has 0 saturated carbocycles.